The molecular formula is C38H54Br2Cl2N2S3. The second-order valence-corrected chi connectivity index (χ2v) is 19.5. The molecule has 0 saturated heterocycles. The highest BCUT2D eigenvalue weighted by molar-refractivity contribution is 9.11. The molecule has 1 aliphatic heterocycles. The maximum atomic E-state index is 7.20. The molecule has 0 aromatic carbocycles. The largest absolute Gasteiger partial charge is 0.261 e. The van der Waals surface area contributed by atoms with Crippen molar-refractivity contribution in [2.45, 2.75) is 161 Å². The average molecular weight is 866 g/mol. The van der Waals surface area contributed by atoms with Gasteiger partial charge in [-0.25, -0.2) is 0 Å². The number of nitrogens with zero attached hydrogens (tertiary/aromatic N) is 2. The predicted molar refractivity (Wildman–Crippen MR) is 219 cm³/mol. The van der Waals surface area contributed by atoms with E-state index in [0.717, 1.165) is 38.7 Å². The van der Waals surface area contributed by atoms with Crippen LogP contribution >= 0.6 is 89.4 Å². The third kappa shape index (κ3) is 12.1. The zero-order chi connectivity index (χ0) is 33.4. The molecule has 1 unspecified atom stereocenters. The molecule has 3 aromatic rings. The van der Waals surface area contributed by atoms with Gasteiger partial charge >= 0.3 is 0 Å². The number of thiophene rings is 2. The smallest absolute Gasteiger partial charge is 0.147 e. The van der Waals surface area contributed by atoms with Crippen LogP contribution in [0.1, 0.15) is 163 Å². The van der Waals surface area contributed by atoms with Gasteiger partial charge in [-0.2, -0.15) is 4.37 Å². The molecule has 1 atom stereocenters. The van der Waals surface area contributed by atoms with Crippen LogP contribution in [0.15, 0.2) is 25.9 Å². The second-order valence-electron chi connectivity index (χ2n) is 13.2. The Balaban J connectivity index is 1.36. The molecule has 0 saturated carbocycles. The Hall–Kier alpha value is 0.110. The van der Waals surface area contributed by atoms with E-state index < -0.39 is 5.50 Å². The van der Waals surface area contributed by atoms with Gasteiger partial charge in [0.2, 0.25) is 0 Å². The molecule has 4 heterocycles. The van der Waals surface area contributed by atoms with Crippen molar-refractivity contribution in [3.63, 3.8) is 0 Å². The number of alkyl halides is 1. The molecular weight excluding hydrogens is 811 g/mol. The lowest BCUT2D eigenvalue weighted by Crippen LogP contribution is -2.40. The van der Waals surface area contributed by atoms with E-state index >= 15 is 0 Å². The summed E-state index contributed by atoms with van der Waals surface area (Å²) in [5.74, 6) is 0. The van der Waals surface area contributed by atoms with Crippen molar-refractivity contribution >= 4 is 101 Å². The van der Waals surface area contributed by atoms with Gasteiger partial charge in [0, 0.05) is 27.4 Å². The fourth-order valence-corrected chi connectivity index (χ4v) is 11.9. The van der Waals surface area contributed by atoms with Crippen molar-refractivity contribution in [1.29, 1.82) is 0 Å². The minimum Gasteiger partial charge on any atom is -0.261 e. The molecule has 2 nitrogen and oxygen atoms in total. The number of rotatable bonds is 24. The van der Waals surface area contributed by atoms with Crippen LogP contribution in [0, 0.1) is 0 Å². The van der Waals surface area contributed by atoms with E-state index in [2.05, 4.69) is 62.2 Å². The Kier molecular flexibility index (Phi) is 18.8. The van der Waals surface area contributed by atoms with Gasteiger partial charge in [0.15, 0.2) is 0 Å². The summed E-state index contributed by atoms with van der Waals surface area (Å²) in [4.78, 5) is 2.33. The van der Waals surface area contributed by atoms with Crippen molar-refractivity contribution in [2.75, 3.05) is 0 Å². The summed E-state index contributed by atoms with van der Waals surface area (Å²) in [5.41, 5.74) is 4.32. The zero-order valence-corrected chi connectivity index (χ0v) is 35.6. The van der Waals surface area contributed by atoms with E-state index in [4.69, 9.17) is 23.4 Å². The van der Waals surface area contributed by atoms with E-state index in [1.165, 1.54) is 164 Å². The number of hydrogen-bond acceptors (Lipinski definition) is 5. The Morgan fingerprint density at radius 3 is 1.57 bits per heavy atom. The Morgan fingerprint density at radius 2 is 1.09 bits per heavy atom. The quantitative estimate of drug-likeness (QED) is 0.0386. The van der Waals surface area contributed by atoms with Crippen LogP contribution in [-0.4, -0.2) is 14.3 Å². The van der Waals surface area contributed by atoms with Crippen molar-refractivity contribution < 1.29 is 0 Å². The van der Waals surface area contributed by atoms with Crippen molar-refractivity contribution in [2.24, 2.45) is 0 Å². The van der Waals surface area contributed by atoms with E-state index in [1.807, 2.05) is 6.20 Å². The van der Waals surface area contributed by atoms with Gasteiger partial charge in [-0.15, -0.1) is 22.7 Å². The van der Waals surface area contributed by atoms with Crippen LogP contribution < -0.4 is 9.75 Å². The first-order valence-corrected chi connectivity index (χ1v) is 23.1. The number of halogens is 4. The lowest BCUT2D eigenvalue weighted by Gasteiger charge is -2.28. The minimum atomic E-state index is -0.471. The third-order valence-corrected chi connectivity index (χ3v) is 15.0. The molecule has 1 aliphatic rings. The first-order chi connectivity index (χ1) is 23.0. The van der Waals surface area contributed by atoms with E-state index in [9.17, 15) is 0 Å². The van der Waals surface area contributed by atoms with E-state index in [0.29, 0.717) is 0 Å². The van der Waals surface area contributed by atoms with Crippen molar-refractivity contribution in [1.82, 2.24) is 8.79 Å². The van der Waals surface area contributed by atoms with Gasteiger partial charge in [-0.05, 0) is 92.3 Å². The lowest BCUT2D eigenvalue weighted by atomic mass is 10.0. The highest BCUT2D eigenvalue weighted by atomic mass is 79.9. The maximum Gasteiger partial charge on any atom is 0.147 e. The van der Waals surface area contributed by atoms with E-state index in [-0.39, 0.29) is 0 Å². The number of aromatic nitrogens is 1. The minimum absolute atomic E-state index is 0.471. The average Bonchev–Trinajstić information content (AvgIpc) is 3.78. The molecule has 0 aliphatic carbocycles. The summed E-state index contributed by atoms with van der Waals surface area (Å²) in [6.07, 6.45) is 31.2. The first-order valence-electron chi connectivity index (χ1n) is 18.3. The van der Waals surface area contributed by atoms with Gasteiger partial charge < -0.3 is 0 Å². The number of aryl methyl sites for hydroxylation is 2. The first kappa shape index (κ1) is 39.9. The van der Waals surface area contributed by atoms with Crippen LogP contribution in [0.5, 0.6) is 0 Å². The molecule has 262 valence electrons. The van der Waals surface area contributed by atoms with Gasteiger partial charge in [0.05, 0.1) is 28.9 Å². The molecule has 0 amide bonds. The Bertz CT molecular complexity index is 1360. The van der Waals surface area contributed by atoms with Gasteiger partial charge in [0.1, 0.15) is 5.50 Å². The zero-order valence-electron chi connectivity index (χ0n) is 28.5. The van der Waals surface area contributed by atoms with Crippen LogP contribution in [0.3, 0.4) is 0 Å². The van der Waals surface area contributed by atoms with Crippen LogP contribution in [0.4, 0.5) is 0 Å². The third-order valence-electron chi connectivity index (χ3n) is 9.33. The summed E-state index contributed by atoms with van der Waals surface area (Å²) >= 11 is 27.1. The Morgan fingerprint density at radius 1 is 0.660 bits per heavy atom. The van der Waals surface area contributed by atoms with Gasteiger partial charge in [-0.1, -0.05) is 141 Å². The topological polar surface area (TPSA) is 16.1 Å². The monoisotopic (exact) mass is 862 g/mol. The molecule has 0 spiro atoms. The summed E-state index contributed by atoms with van der Waals surface area (Å²) < 4.78 is 9.92. The number of hydrogen-bond donors (Lipinski definition) is 0. The molecule has 0 bridgehead atoms. The highest BCUT2D eigenvalue weighted by Crippen LogP contribution is 2.41. The van der Waals surface area contributed by atoms with Crippen LogP contribution in [0.25, 0.3) is 11.3 Å². The lowest BCUT2D eigenvalue weighted by molar-refractivity contribution is 0.556. The summed E-state index contributed by atoms with van der Waals surface area (Å²) in [5, 5.41) is 1.08. The molecule has 3 aromatic heterocycles. The molecule has 9 heteroatoms. The van der Waals surface area contributed by atoms with Crippen LogP contribution in [0.2, 0.25) is 0 Å². The fourth-order valence-electron chi connectivity index (χ4n) is 6.53. The molecule has 4 rings (SSSR count). The van der Waals surface area contributed by atoms with E-state index in [1.54, 1.807) is 27.1 Å². The molecule has 0 fully saturated rings. The second kappa shape index (κ2) is 22.1. The van der Waals surface area contributed by atoms with Gasteiger partial charge in [-0.3, -0.25) is 4.42 Å². The highest BCUT2D eigenvalue weighted by Gasteiger charge is 2.32. The summed E-state index contributed by atoms with van der Waals surface area (Å²) in [6.45, 7) is 4.57. The molecule has 47 heavy (non-hydrogen) atoms. The van der Waals surface area contributed by atoms with Crippen molar-refractivity contribution in [3.05, 3.63) is 56.5 Å². The normalized spacial score (nSPS) is 14.9. The predicted octanol–water partition coefficient (Wildman–Crippen LogP) is 14.1. The number of unbranched alkanes of at least 4 members (excludes halogenated alkanes) is 18. The Labute approximate surface area is 324 Å². The van der Waals surface area contributed by atoms with Gasteiger partial charge in [0.25, 0.3) is 0 Å². The standard InChI is InChI=1S/C38H54Br2Cl2N2S3/c1-3-5-7-9-11-13-15-17-19-21-23-28-25-31(45-36(28)39)33-35-30(27-43-47-35)34(44(42)38(33)41)32-26-29(37(40)46-32)24-22-20-18-16-14-12-10-8-6-4-2/h25-27,38H,3-24H2,1-2H3. The van der Waals surface area contributed by atoms with Crippen LogP contribution in [-0.2, 0) is 12.8 Å². The summed E-state index contributed by atoms with van der Waals surface area (Å²) in [6, 6.07) is 4.65. The SMILES string of the molecule is CCCCCCCCCCCCc1cc(C2=c3cnsc3=C(c3cc(CCCCCCCCCCCC)c(Br)s3)C(Cl)N2Cl)sc1Br. The molecule has 0 radical (unpaired) electrons. The fraction of sp³-hybridized carbons (Fsp3) is 0.658. The van der Waals surface area contributed by atoms with Crippen molar-refractivity contribution in [3.8, 4) is 0 Å². The summed E-state index contributed by atoms with van der Waals surface area (Å²) in [7, 11) is 0. The molecule has 0 N–H and O–H groups in total. The maximum absolute atomic E-state index is 7.20. The number of fused-ring (bicyclic) bond motifs is 1.